The molecule has 1 heterocycles. The van der Waals surface area contributed by atoms with Crippen LogP contribution >= 0.6 is 0 Å². The lowest BCUT2D eigenvalue weighted by Gasteiger charge is -2.13. The topological polar surface area (TPSA) is 51.2 Å². The van der Waals surface area contributed by atoms with Gasteiger partial charge in [0.05, 0.1) is 22.5 Å². The molecular formula is C19H16F2N2O2. The molecule has 3 aromatic rings. The predicted molar refractivity (Wildman–Crippen MR) is 92.2 cm³/mol. The van der Waals surface area contributed by atoms with Gasteiger partial charge >= 0.3 is 6.61 Å². The van der Waals surface area contributed by atoms with Gasteiger partial charge in [0.25, 0.3) is 5.91 Å². The number of para-hydroxylation sites is 2. The van der Waals surface area contributed by atoms with Crippen LogP contribution in [0.3, 0.4) is 0 Å². The highest BCUT2D eigenvalue weighted by Gasteiger charge is 2.15. The molecule has 2 aromatic carbocycles. The molecule has 6 heteroatoms. The number of carbonyl (C=O) groups is 1. The molecule has 4 nitrogen and oxygen atoms in total. The van der Waals surface area contributed by atoms with Gasteiger partial charge in [0, 0.05) is 5.39 Å². The lowest BCUT2D eigenvalue weighted by Crippen LogP contribution is -2.15. The van der Waals surface area contributed by atoms with E-state index in [2.05, 4.69) is 15.0 Å². The van der Waals surface area contributed by atoms with Crippen molar-refractivity contribution in [2.75, 3.05) is 5.32 Å². The fourth-order valence-electron chi connectivity index (χ4n) is 2.58. The lowest BCUT2D eigenvalue weighted by molar-refractivity contribution is -0.0493. The molecule has 0 atom stereocenters. The molecule has 0 unspecified atom stereocenters. The first kappa shape index (κ1) is 16.8. The zero-order chi connectivity index (χ0) is 18.0. The van der Waals surface area contributed by atoms with Crippen molar-refractivity contribution in [1.82, 2.24) is 4.98 Å². The molecule has 1 N–H and O–H groups in total. The fourth-order valence-corrected chi connectivity index (χ4v) is 2.58. The van der Waals surface area contributed by atoms with Crippen LogP contribution in [0.25, 0.3) is 10.9 Å². The van der Waals surface area contributed by atoms with Gasteiger partial charge in [-0.1, -0.05) is 23.8 Å². The quantitative estimate of drug-likeness (QED) is 0.747. The first-order valence-electron chi connectivity index (χ1n) is 7.67. The van der Waals surface area contributed by atoms with Gasteiger partial charge in [0.1, 0.15) is 5.75 Å². The normalized spacial score (nSPS) is 10.9. The van der Waals surface area contributed by atoms with Crippen molar-refractivity contribution in [3.63, 3.8) is 0 Å². The van der Waals surface area contributed by atoms with Gasteiger partial charge in [-0.05, 0) is 44.2 Å². The van der Waals surface area contributed by atoms with E-state index in [1.54, 1.807) is 25.1 Å². The number of nitrogens with one attached hydrogen (secondary N) is 1. The predicted octanol–water partition coefficient (Wildman–Crippen LogP) is 4.71. The van der Waals surface area contributed by atoms with Crippen LogP contribution in [0.4, 0.5) is 14.5 Å². The molecule has 1 amide bonds. The van der Waals surface area contributed by atoms with Crippen LogP contribution in [0.2, 0.25) is 0 Å². The lowest BCUT2D eigenvalue weighted by atomic mass is 10.1. The SMILES string of the molecule is Cc1ccc2nc(C)c(C(=O)Nc3ccccc3OC(F)F)cc2c1. The number of nitrogens with zero attached hydrogens (tertiary/aromatic N) is 1. The molecule has 0 fully saturated rings. The highest BCUT2D eigenvalue weighted by atomic mass is 19.3. The maximum atomic E-state index is 12.6. The number of rotatable bonds is 4. The Morgan fingerprint density at radius 1 is 1.12 bits per heavy atom. The Hall–Kier alpha value is -3.02. The molecule has 25 heavy (non-hydrogen) atoms. The Morgan fingerprint density at radius 3 is 2.64 bits per heavy atom. The summed E-state index contributed by atoms with van der Waals surface area (Å²) in [6, 6.07) is 13.6. The molecule has 1 aromatic heterocycles. The van der Waals surface area contributed by atoms with Gasteiger partial charge in [0.2, 0.25) is 0 Å². The summed E-state index contributed by atoms with van der Waals surface area (Å²) in [6.07, 6.45) is 0. The highest BCUT2D eigenvalue weighted by molar-refractivity contribution is 6.07. The third kappa shape index (κ3) is 3.74. The largest absolute Gasteiger partial charge is 0.433 e. The Labute approximate surface area is 143 Å². The minimum Gasteiger partial charge on any atom is -0.433 e. The molecule has 0 aliphatic rings. The number of pyridine rings is 1. The number of halogens is 2. The maximum Gasteiger partial charge on any atom is 0.387 e. The van der Waals surface area contributed by atoms with E-state index >= 15 is 0 Å². The van der Waals surface area contributed by atoms with Crippen LogP contribution in [0.15, 0.2) is 48.5 Å². The maximum absolute atomic E-state index is 12.6. The van der Waals surface area contributed by atoms with Crippen molar-refractivity contribution in [2.45, 2.75) is 20.5 Å². The number of hydrogen-bond donors (Lipinski definition) is 1. The molecule has 0 saturated heterocycles. The molecule has 0 aliphatic heterocycles. The molecule has 3 rings (SSSR count). The zero-order valence-corrected chi connectivity index (χ0v) is 13.7. The Balaban J connectivity index is 1.94. The molecule has 0 radical (unpaired) electrons. The number of benzene rings is 2. The van der Waals surface area contributed by atoms with Crippen molar-refractivity contribution in [3.05, 3.63) is 65.4 Å². The number of carbonyl (C=O) groups excluding carboxylic acids is 1. The minimum atomic E-state index is -2.97. The minimum absolute atomic E-state index is 0.0897. The van der Waals surface area contributed by atoms with E-state index in [-0.39, 0.29) is 11.4 Å². The van der Waals surface area contributed by atoms with Gasteiger partial charge < -0.3 is 10.1 Å². The summed E-state index contributed by atoms with van der Waals surface area (Å²) in [5, 5.41) is 3.46. The van der Waals surface area contributed by atoms with Crippen LogP contribution < -0.4 is 10.1 Å². The monoisotopic (exact) mass is 342 g/mol. The molecule has 128 valence electrons. The number of fused-ring (bicyclic) bond motifs is 1. The van der Waals surface area contributed by atoms with Gasteiger partial charge in [-0.25, -0.2) is 0 Å². The second-order valence-corrected chi connectivity index (χ2v) is 5.65. The zero-order valence-electron chi connectivity index (χ0n) is 13.7. The van der Waals surface area contributed by atoms with Gasteiger partial charge in [-0.3, -0.25) is 9.78 Å². The van der Waals surface area contributed by atoms with Crippen LogP contribution in [0.5, 0.6) is 5.75 Å². The first-order chi connectivity index (χ1) is 11.9. The summed E-state index contributed by atoms with van der Waals surface area (Å²) < 4.78 is 29.4. The van der Waals surface area contributed by atoms with Gasteiger partial charge in [-0.2, -0.15) is 8.78 Å². The molecule has 0 aliphatic carbocycles. The summed E-state index contributed by atoms with van der Waals surface area (Å²) in [6.45, 7) is 0.720. The third-order valence-corrected chi connectivity index (χ3v) is 3.76. The van der Waals surface area contributed by atoms with Crippen molar-refractivity contribution in [1.29, 1.82) is 0 Å². The van der Waals surface area contributed by atoms with Crippen LogP contribution in [0, 0.1) is 13.8 Å². The number of hydrogen-bond acceptors (Lipinski definition) is 3. The summed E-state index contributed by atoms with van der Waals surface area (Å²) in [5.41, 5.74) is 2.96. The van der Waals surface area contributed by atoms with E-state index in [9.17, 15) is 13.6 Å². The van der Waals surface area contributed by atoms with Crippen LogP contribution in [-0.2, 0) is 0 Å². The molecule has 0 spiro atoms. The van der Waals surface area contributed by atoms with Crippen molar-refractivity contribution in [2.24, 2.45) is 0 Å². The van der Waals surface area contributed by atoms with Crippen molar-refractivity contribution < 1.29 is 18.3 Å². The standard InChI is InChI=1S/C19H16F2N2O2/c1-11-7-8-15-13(9-11)10-14(12(2)22-15)18(24)23-16-5-3-4-6-17(16)25-19(20)21/h3-10,19H,1-2H3,(H,23,24). The second kappa shape index (κ2) is 6.84. The smallest absolute Gasteiger partial charge is 0.387 e. The van der Waals surface area contributed by atoms with E-state index in [1.165, 1.54) is 12.1 Å². The number of anilines is 1. The molecule has 0 bridgehead atoms. The van der Waals surface area contributed by atoms with Crippen molar-refractivity contribution >= 4 is 22.5 Å². The first-order valence-corrected chi connectivity index (χ1v) is 7.67. The Morgan fingerprint density at radius 2 is 1.88 bits per heavy atom. The molecular weight excluding hydrogens is 326 g/mol. The van der Waals surface area contributed by atoms with E-state index < -0.39 is 12.5 Å². The summed E-state index contributed by atoms with van der Waals surface area (Å²) in [5.74, 6) is -0.521. The number of aromatic nitrogens is 1. The summed E-state index contributed by atoms with van der Waals surface area (Å²) >= 11 is 0. The number of aryl methyl sites for hydroxylation is 2. The molecule has 0 saturated carbocycles. The van der Waals surface area contributed by atoms with Crippen molar-refractivity contribution in [3.8, 4) is 5.75 Å². The number of alkyl halides is 2. The number of amides is 1. The second-order valence-electron chi connectivity index (χ2n) is 5.65. The van der Waals surface area contributed by atoms with Gasteiger partial charge in [0.15, 0.2) is 0 Å². The van der Waals surface area contributed by atoms with E-state index in [4.69, 9.17) is 0 Å². The average molecular weight is 342 g/mol. The number of ether oxygens (including phenoxy) is 1. The Bertz CT molecular complexity index is 942. The third-order valence-electron chi connectivity index (χ3n) is 3.76. The van der Waals surface area contributed by atoms with E-state index in [1.807, 2.05) is 25.1 Å². The Kier molecular flexibility index (Phi) is 4.61. The fraction of sp³-hybridized carbons (Fsp3) is 0.158. The van der Waals surface area contributed by atoms with E-state index in [0.29, 0.717) is 11.3 Å². The van der Waals surface area contributed by atoms with Crippen LogP contribution in [0.1, 0.15) is 21.6 Å². The van der Waals surface area contributed by atoms with Gasteiger partial charge in [-0.15, -0.1) is 0 Å². The van der Waals surface area contributed by atoms with E-state index in [0.717, 1.165) is 16.5 Å². The summed E-state index contributed by atoms with van der Waals surface area (Å²) in [4.78, 5) is 17.0. The average Bonchev–Trinajstić information content (AvgIpc) is 2.56. The van der Waals surface area contributed by atoms with Crippen LogP contribution in [-0.4, -0.2) is 17.5 Å². The highest BCUT2D eigenvalue weighted by Crippen LogP contribution is 2.27. The summed E-state index contributed by atoms with van der Waals surface area (Å²) in [7, 11) is 0.